The molecule has 0 amide bonds. The molecule has 0 spiro atoms. The average Bonchev–Trinajstić information content (AvgIpc) is 3.09. The lowest BCUT2D eigenvalue weighted by Crippen LogP contribution is -1.87. The molecule has 0 saturated heterocycles. The lowest BCUT2D eigenvalue weighted by Gasteiger charge is -2.08. The highest BCUT2D eigenvalue weighted by atomic mass is 14.7. The van der Waals surface area contributed by atoms with Crippen molar-refractivity contribution in [2.45, 2.75) is 0 Å². The van der Waals surface area contributed by atoms with Gasteiger partial charge < -0.3 is 4.98 Å². The van der Waals surface area contributed by atoms with Gasteiger partial charge in [-0.15, -0.1) is 0 Å². The summed E-state index contributed by atoms with van der Waals surface area (Å²) in [7, 11) is 0. The van der Waals surface area contributed by atoms with Crippen LogP contribution in [-0.2, 0) is 0 Å². The van der Waals surface area contributed by atoms with E-state index in [0.29, 0.717) is 0 Å². The van der Waals surface area contributed by atoms with Gasteiger partial charge in [0.15, 0.2) is 0 Å². The highest BCUT2D eigenvalue weighted by Gasteiger charge is 2.16. The van der Waals surface area contributed by atoms with E-state index in [0.717, 1.165) is 22.5 Å². The summed E-state index contributed by atoms with van der Waals surface area (Å²) in [6, 6.07) is 26.8. The Hall–Kier alpha value is -3.13. The predicted octanol–water partition coefficient (Wildman–Crippen LogP) is 5.41. The molecule has 2 aromatic carbocycles. The Morgan fingerprint density at radius 1 is 0.652 bits per heavy atom. The summed E-state index contributed by atoms with van der Waals surface area (Å²) < 4.78 is 0. The highest BCUT2D eigenvalue weighted by molar-refractivity contribution is 5.92. The summed E-state index contributed by atoms with van der Waals surface area (Å²) in [5.74, 6) is 0. The lowest BCUT2D eigenvalue weighted by molar-refractivity contribution is 1.32. The number of aromatic nitrogens is 2. The van der Waals surface area contributed by atoms with Crippen molar-refractivity contribution < 1.29 is 0 Å². The number of nitrogens with one attached hydrogen (secondary N) is 1. The molecule has 110 valence electrons. The number of benzene rings is 2. The normalized spacial score (nSPS) is 10.6. The third kappa shape index (κ3) is 2.55. The van der Waals surface area contributed by atoms with E-state index in [1.807, 2.05) is 30.5 Å². The Labute approximate surface area is 135 Å². The number of rotatable bonds is 3. The van der Waals surface area contributed by atoms with E-state index >= 15 is 0 Å². The summed E-state index contributed by atoms with van der Waals surface area (Å²) >= 11 is 0. The van der Waals surface area contributed by atoms with Gasteiger partial charge in [0.05, 0.1) is 11.4 Å². The topological polar surface area (TPSA) is 28.7 Å². The molecule has 2 nitrogen and oxygen atoms in total. The van der Waals surface area contributed by atoms with Gasteiger partial charge in [-0.2, -0.15) is 0 Å². The molecular formula is C21H16N2. The van der Waals surface area contributed by atoms with E-state index in [4.69, 9.17) is 0 Å². The fourth-order valence-electron chi connectivity index (χ4n) is 2.88. The maximum atomic E-state index is 4.57. The first kappa shape index (κ1) is 13.5. The first-order valence-corrected chi connectivity index (χ1v) is 7.67. The standard InChI is InChI=1S/C21H16N2/c1-3-9-16(10-4-1)18-15-23-21(17-11-5-2-6-12-17)20(18)19-13-7-8-14-22-19/h1-15,23H. The van der Waals surface area contributed by atoms with Crippen LogP contribution in [0.1, 0.15) is 0 Å². The van der Waals surface area contributed by atoms with Gasteiger partial charge in [0, 0.05) is 23.5 Å². The molecule has 2 heteroatoms. The zero-order chi connectivity index (χ0) is 15.5. The Morgan fingerprint density at radius 3 is 1.96 bits per heavy atom. The molecule has 2 heterocycles. The number of pyridine rings is 1. The monoisotopic (exact) mass is 296 g/mol. The Kier molecular flexibility index (Phi) is 3.49. The fourth-order valence-corrected chi connectivity index (χ4v) is 2.88. The molecule has 4 rings (SSSR count). The zero-order valence-corrected chi connectivity index (χ0v) is 12.6. The molecule has 0 aliphatic rings. The van der Waals surface area contributed by atoms with E-state index in [1.165, 1.54) is 11.1 Å². The Balaban J connectivity index is 1.97. The molecule has 0 radical (unpaired) electrons. The lowest BCUT2D eigenvalue weighted by atomic mass is 9.97. The summed E-state index contributed by atoms with van der Waals surface area (Å²) in [4.78, 5) is 8.02. The van der Waals surface area contributed by atoms with Crippen LogP contribution >= 0.6 is 0 Å². The van der Waals surface area contributed by atoms with E-state index in [9.17, 15) is 0 Å². The molecule has 0 unspecified atom stereocenters. The quantitative estimate of drug-likeness (QED) is 0.538. The van der Waals surface area contributed by atoms with E-state index in [2.05, 4.69) is 70.8 Å². The Bertz CT molecular complexity index is 838. The minimum Gasteiger partial charge on any atom is -0.360 e. The van der Waals surface area contributed by atoms with Gasteiger partial charge in [-0.3, -0.25) is 4.98 Å². The van der Waals surface area contributed by atoms with Gasteiger partial charge in [-0.05, 0) is 23.3 Å². The molecule has 0 aliphatic heterocycles. The molecule has 0 bridgehead atoms. The summed E-state index contributed by atoms with van der Waals surface area (Å²) in [5.41, 5.74) is 6.74. The largest absolute Gasteiger partial charge is 0.360 e. The summed E-state index contributed by atoms with van der Waals surface area (Å²) in [5, 5.41) is 0. The van der Waals surface area contributed by atoms with Crippen molar-refractivity contribution in [3.8, 4) is 33.6 Å². The van der Waals surface area contributed by atoms with Crippen LogP contribution in [0.15, 0.2) is 91.3 Å². The number of aromatic amines is 1. The SMILES string of the molecule is c1ccc(-c2c[nH]c(-c3ccccc3)c2-c2ccccn2)cc1. The number of hydrogen-bond donors (Lipinski definition) is 1. The molecule has 4 aromatic rings. The third-order valence-electron chi connectivity index (χ3n) is 3.95. The first-order valence-electron chi connectivity index (χ1n) is 7.67. The Morgan fingerprint density at radius 2 is 1.30 bits per heavy atom. The number of nitrogens with zero attached hydrogens (tertiary/aromatic N) is 1. The van der Waals surface area contributed by atoms with Crippen LogP contribution in [-0.4, -0.2) is 9.97 Å². The van der Waals surface area contributed by atoms with E-state index in [1.54, 1.807) is 0 Å². The zero-order valence-electron chi connectivity index (χ0n) is 12.6. The van der Waals surface area contributed by atoms with Crippen LogP contribution in [0.5, 0.6) is 0 Å². The van der Waals surface area contributed by atoms with Gasteiger partial charge in [0.1, 0.15) is 0 Å². The van der Waals surface area contributed by atoms with Crippen molar-refractivity contribution in [3.05, 3.63) is 91.3 Å². The maximum Gasteiger partial charge on any atom is 0.0729 e. The second-order valence-corrected chi connectivity index (χ2v) is 5.40. The van der Waals surface area contributed by atoms with Crippen LogP contribution in [0.4, 0.5) is 0 Å². The second kappa shape index (κ2) is 5.93. The average molecular weight is 296 g/mol. The van der Waals surface area contributed by atoms with Crippen LogP contribution in [0.3, 0.4) is 0 Å². The summed E-state index contributed by atoms with van der Waals surface area (Å²) in [6.45, 7) is 0. The second-order valence-electron chi connectivity index (χ2n) is 5.40. The van der Waals surface area contributed by atoms with Crippen LogP contribution in [0, 0.1) is 0 Å². The van der Waals surface area contributed by atoms with Crippen LogP contribution in [0.2, 0.25) is 0 Å². The highest BCUT2D eigenvalue weighted by Crippen LogP contribution is 2.38. The van der Waals surface area contributed by atoms with Crippen LogP contribution < -0.4 is 0 Å². The van der Waals surface area contributed by atoms with Gasteiger partial charge in [0.25, 0.3) is 0 Å². The molecule has 0 saturated carbocycles. The van der Waals surface area contributed by atoms with Crippen molar-refractivity contribution in [3.63, 3.8) is 0 Å². The van der Waals surface area contributed by atoms with Crippen molar-refractivity contribution >= 4 is 0 Å². The fraction of sp³-hybridized carbons (Fsp3) is 0. The van der Waals surface area contributed by atoms with Gasteiger partial charge in [-0.25, -0.2) is 0 Å². The molecule has 23 heavy (non-hydrogen) atoms. The van der Waals surface area contributed by atoms with Gasteiger partial charge >= 0.3 is 0 Å². The molecule has 0 aliphatic carbocycles. The van der Waals surface area contributed by atoms with Crippen molar-refractivity contribution in [2.75, 3.05) is 0 Å². The van der Waals surface area contributed by atoms with Crippen LogP contribution in [0.25, 0.3) is 33.6 Å². The van der Waals surface area contributed by atoms with Crippen molar-refractivity contribution in [1.29, 1.82) is 0 Å². The molecule has 2 aromatic heterocycles. The van der Waals surface area contributed by atoms with Crippen molar-refractivity contribution in [2.24, 2.45) is 0 Å². The summed E-state index contributed by atoms with van der Waals surface area (Å²) in [6.07, 6.45) is 3.91. The van der Waals surface area contributed by atoms with E-state index < -0.39 is 0 Å². The molecule has 0 atom stereocenters. The molecular weight excluding hydrogens is 280 g/mol. The maximum absolute atomic E-state index is 4.57. The minimum atomic E-state index is 0.978. The number of H-pyrrole nitrogens is 1. The smallest absolute Gasteiger partial charge is 0.0729 e. The minimum absolute atomic E-state index is 0.978. The molecule has 0 fully saturated rings. The number of hydrogen-bond acceptors (Lipinski definition) is 1. The predicted molar refractivity (Wildman–Crippen MR) is 94.9 cm³/mol. The third-order valence-corrected chi connectivity index (χ3v) is 3.95. The van der Waals surface area contributed by atoms with Gasteiger partial charge in [0.2, 0.25) is 0 Å². The molecule has 1 N–H and O–H groups in total. The van der Waals surface area contributed by atoms with Crippen molar-refractivity contribution in [1.82, 2.24) is 9.97 Å². The van der Waals surface area contributed by atoms with E-state index in [-0.39, 0.29) is 0 Å². The first-order chi connectivity index (χ1) is 11.4. The van der Waals surface area contributed by atoms with Gasteiger partial charge in [-0.1, -0.05) is 66.7 Å².